The molecule has 208 valence electrons. The lowest BCUT2D eigenvalue weighted by Gasteiger charge is -2.31. The Hall–Kier alpha value is -1.51. The van der Waals surface area contributed by atoms with E-state index in [1.807, 2.05) is 19.1 Å². The van der Waals surface area contributed by atoms with E-state index in [9.17, 15) is 4.79 Å². The summed E-state index contributed by atoms with van der Waals surface area (Å²) in [5.74, 6) is 8.84. The second kappa shape index (κ2) is 12.6. The van der Waals surface area contributed by atoms with E-state index < -0.39 is 0 Å². The van der Waals surface area contributed by atoms with Crippen molar-refractivity contribution in [2.75, 3.05) is 0 Å². The third kappa shape index (κ3) is 6.39. The van der Waals surface area contributed by atoms with Crippen LogP contribution in [0.1, 0.15) is 117 Å². The Morgan fingerprint density at radius 1 is 0.838 bits per heavy atom. The molecule has 11 atom stereocenters. The molecule has 0 radical (unpaired) electrons. The van der Waals surface area contributed by atoms with E-state index in [0.29, 0.717) is 17.6 Å². The number of hydrogen-bond acceptors (Lipinski definition) is 3. The van der Waals surface area contributed by atoms with Crippen LogP contribution in [0, 0.1) is 53.3 Å². The molecule has 4 bridgehead atoms. The largest absolute Gasteiger partial charge is 0.508 e. The number of esters is 1. The van der Waals surface area contributed by atoms with E-state index in [2.05, 4.69) is 34.6 Å². The minimum absolute atomic E-state index is 0.0413. The Bertz CT molecular complexity index is 844. The number of benzene rings is 1. The first-order valence-electron chi connectivity index (χ1n) is 15.7. The fourth-order valence-electron chi connectivity index (χ4n) is 8.48. The van der Waals surface area contributed by atoms with Gasteiger partial charge in [-0.05, 0) is 129 Å². The Morgan fingerprint density at radius 3 is 2.00 bits per heavy atom. The quantitative estimate of drug-likeness (QED) is 0.402. The van der Waals surface area contributed by atoms with Crippen molar-refractivity contribution in [2.24, 2.45) is 53.3 Å². The van der Waals surface area contributed by atoms with Gasteiger partial charge < -0.3 is 9.84 Å². The van der Waals surface area contributed by atoms with E-state index in [4.69, 9.17) is 9.84 Å². The molecule has 0 heterocycles. The summed E-state index contributed by atoms with van der Waals surface area (Å²) in [5, 5.41) is 9.01. The van der Waals surface area contributed by atoms with E-state index >= 15 is 0 Å². The van der Waals surface area contributed by atoms with Gasteiger partial charge in [-0.25, -0.2) is 0 Å². The van der Waals surface area contributed by atoms with Gasteiger partial charge in [0.25, 0.3) is 0 Å². The Balaban J connectivity index is 0.000000138. The Kier molecular flexibility index (Phi) is 9.68. The molecular weight excluding hydrogens is 456 g/mol. The van der Waals surface area contributed by atoms with E-state index in [1.54, 1.807) is 18.6 Å². The smallest absolute Gasteiger partial charge is 0.308 e. The van der Waals surface area contributed by atoms with Gasteiger partial charge >= 0.3 is 5.97 Å². The zero-order chi connectivity index (χ0) is 26.7. The fraction of sp³-hybridized carbons (Fsp3) is 0.794. The highest BCUT2D eigenvalue weighted by Gasteiger charge is 2.55. The van der Waals surface area contributed by atoms with Gasteiger partial charge in [0.15, 0.2) is 0 Å². The molecule has 3 nitrogen and oxygen atoms in total. The molecule has 0 amide bonds. The van der Waals surface area contributed by atoms with Crippen molar-refractivity contribution in [3.8, 4) is 5.75 Å². The number of ether oxygens (including phenoxy) is 1. The van der Waals surface area contributed by atoms with Crippen LogP contribution in [0.15, 0.2) is 24.3 Å². The summed E-state index contributed by atoms with van der Waals surface area (Å²) in [7, 11) is 0. The first-order chi connectivity index (χ1) is 17.7. The topological polar surface area (TPSA) is 46.5 Å². The zero-order valence-corrected chi connectivity index (χ0v) is 24.5. The van der Waals surface area contributed by atoms with Gasteiger partial charge in [-0.2, -0.15) is 0 Å². The average Bonchev–Trinajstić information content (AvgIpc) is 3.72. The van der Waals surface area contributed by atoms with Crippen molar-refractivity contribution in [1.29, 1.82) is 0 Å². The zero-order valence-electron chi connectivity index (χ0n) is 24.5. The first kappa shape index (κ1) is 28.5. The molecule has 0 saturated heterocycles. The standard InChI is InChI=1S/C15H24O2.C10H14O.C9H16/c1-3-9(2)15(16)17-14-8-10-7-13(14)12-6-4-5-11(10)12;1-3-8(2)9-4-6-10(11)7-5-9;1-6-7(2)9-4-3-8(6)5-9/h9-14H,3-8H2,1-2H3;4-8,11H,3H2,1-2H3;6-9H,3-5H2,1-2H3. The predicted octanol–water partition coefficient (Wildman–Crippen LogP) is 8.99. The Morgan fingerprint density at radius 2 is 1.46 bits per heavy atom. The number of phenolic OH excluding ortho intramolecular Hbond substituents is 1. The summed E-state index contributed by atoms with van der Waals surface area (Å²) in [6.45, 7) is 13.3. The maximum atomic E-state index is 11.9. The number of carbonyl (C=O) groups is 1. The summed E-state index contributed by atoms with van der Waals surface area (Å²) in [6, 6.07) is 7.43. The number of fused-ring (bicyclic) bond motifs is 7. The third-order valence-electron chi connectivity index (χ3n) is 11.6. The van der Waals surface area contributed by atoms with Crippen LogP contribution in [0.25, 0.3) is 0 Å². The Labute approximate surface area is 227 Å². The van der Waals surface area contributed by atoms with Crippen molar-refractivity contribution in [3.63, 3.8) is 0 Å². The molecule has 11 unspecified atom stereocenters. The van der Waals surface area contributed by atoms with Gasteiger partial charge in [-0.1, -0.05) is 60.1 Å². The van der Waals surface area contributed by atoms with Crippen LogP contribution in [-0.4, -0.2) is 17.2 Å². The molecule has 6 rings (SSSR count). The molecule has 5 fully saturated rings. The summed E-state index contributed by atoms with van der Waals surface area (Å²) >= 11 is 0. The van der Waals surface area contributed by atoms with Crippen molar-refractivity contribution < 1.29 is 14.6 Å². The van der Waals surface area contributed by atoms with Crippen molar-refractivity contribution in [2.45, 2.75) is 118 Å². The summed E-state index contributed by atoms with van der Waals surface area (Å²) < 4.78 is 5.77. The van der Waals surface area contributed by atoms with E-state index in [1.165, 1.54) is 44.1 Å². The van der Waals surface area contributed by atoms with Crippen molar-refractivity contribution >= 4 is 5.97 Å². The lowest BCUT2D eigenvalue weighted by Crippen LogP contribution is -2.33. The molecule has 5 saturated carbocycles. The second-order valence-corrected chi connectivity index (χ2v) is 13.4. The molecule has 5 aliphatic rings. The van der Waals surface area contributed by atoms with Crippen LogP contribution in [0.4, 0.5) is 0 Å². The van der Waals surface area contributed by atoms with E-state index in [0.717, 1.165) is 60.7 Å². The van der Waals surface area contributed by atoms with Crippen molar-refractivity contribution in [1.82, 2.24) is 0 Å². The molecule has 0 aromatic heterocycles. The highest BCUT2D eigenvalue weighted by molar-refractivity contribution is 5.72. The van der Waals surface area contributed by atoms with Crippen LogP contribution in [-0.2, 0) is 9.53 Å². The van der Waals surface area contributed by atoms with Crippen LogP contribution in [0.2, 0.25) is 0 Å². The monoisotopic (exact) mass is 510 g/mol. The fourth-order valence-corrected chi connectivity index (χ4v) is 8.48. The summed E-state index contributed by atoms with van der Waals surface area (Å²) in [6.07, 6.45) is 13.7. The van der Waals surface area contributed by atoms with E-state index in [-0.39, 0.29) is 18.0 Å². The molecule has 3 heteroatoms. The summed E-state index contributed by atoms with van der Waals surface area (Å²) in [4.78, 5) is 11.9. The van der Waals surface area contributed by atoms with Gasteiger partial charge in [0.2, 0.25) is 0 Å². The van der Waals surface area contributed by atoms with Gasteiger partial charge in [0, 0.05) is 0 Å². The highest BCUT2D eigenvalue weighted by Crippen LogP contribution is 2.59. The molecule has 37 heavy (non-hydrogen) atoms. The minimum atomic E-state index is 0.0413. The van der Waals surface area contributed by atoms with Crippen LogP contribution in [0.5, 0.6) is 5.75 Å². The second-order valence-electron chi connectivity index (χ2n) is 13.4. The summed E-state index contributed by atoms with van der Waals surface area (Å²) in [5.41, 5.74) is 1.30. The highest BCUT2D eigenvalue weighted by atomic mass is 16.5. The molecular formula is C34H54O3. The van der Waals surface area contributed by atoms with Gasteiger partial charge in [0.1, 0.15) is 11.9 Å². The minimum Gasteiger partial charge on any atom is -0.508 e. The number of hydrogen-bond donors (Lipinski definition) is 1. The third-order valence-corrected chi connectivity index (χ3v) is 11.6. The maximum Gasteiger partial charge on any atom is 0.308 e. The van der Waals surface area contributed by atoms with Gasteiger partial charge in [-0.3, -0.25) is 4.79 Å². The number of carbonyl (C=O) groups excluding carboxylic acids is 1. The van der Waals surface area contributed by atoms with Gasteiger partial charge in [0.05, 0.1) is 5.92 Å². The normalized spacial score (nSPS) is 38.2. The van der Waals surface area contributed by atoms with Crippen LogP contribution in [0.3, 0.4) is 0 Å². The molecule has 0 aliphatic heterocycles. The molecule has 5 aliphatic carbocycles. The molecule has 0 spiro atoms. The molecule has 1 N–H and O–H groups in total. The number of rotatable bonds is 5. The molecule has 1 aromatic rings. The average molecular weight is 511 g/mol. The SMILES string of the molecule is CC1C2CCC(C2)C1C.CCC(C)C(=O)OC1CC2CC1C1CCCC21.CCC(C)c1ccc(O)cc1. The lowest BCUT2D eigenvalue weighted by atomic mass is 9.80. The predicted molar refractivity (Wildman–Crippen MR) is 152 cm³/mol. The van der Waals surface area contributed by atoms with Gasteiger partial charge in [-0.15, -0.1) is 0 Å². The number of phenols is 1. The van der Waals surface area contributed by atoms with Crippen LogP contribution >= 0.6 is 0 Å². The maximum absolute atomic E-state index is 11.9. The lowest BCUT2D eigenvalue weighted by molar-refractivity contribution is -0.157. The number of aromatic hydroxyl groups is 1. The van der Waals surface area contributed by atoms with Crippen molar-refractivity contribution in [3.05, 3.63) is 29.8 Å². The first-order valence-corrected chi connectivity index (χ1v) is 15.7. The molecule has 1 aromatic carbocycles. The van der Waals surface area contributed by atoms with Crippen LogP contribution < -0.4 is 0 Å².